The largest absolute Gasteiger partial charge is 0.445 e. The lowest BCUT2D eigenvalue weighted by Crippen LogP contribution is -2.56. The van der Waals surface area contributed by atoms with Crippen molar-refractivity contribution in [3.05, 3.63) is 47.5 Å². The van der Waals surface area contributed by atoms with Crippen LogP contribution in [0.25, 0.3) is 0 Å². The number of nitrogens with zero attached hydrogens (tertiary/aromatic N) is 1. The molecule has 3 rings (SSSR count). The van der Waals surface area contributed by atoms with Gasteiger partial charge in [0.1, 0.15) is 6.61 Å². The number of amides is 1. The number of hydrogen-bond acceptors (Lipinski definition) is 3. The van der Waals surface area contributed by atoms with Gasteiger partial charge in [-0.3, -0.25) is 4.90 Å². The van der Waals surface area contributed by atoms with E-state index in [2.05, 4.69) is 24.8 Å². The Morgan fingerprint density at radius 3 is 2.88 bits per heavy atom. The Morgan fingerprint density at radius 1 is 1.29 bits per heavy atom. The molecule has 0 spiro atoms. The molecule has 2 bridgehead atoms. The molecule has 4 nitrogen and oxygen atoms in total. The van der Waals surface area contributed by atoms with Gasteiger partial charge in [-0.1, -0.05) is 54.8 Å². The van der Waals surface area contributed by atoms with Gasteiger partial charge in [-0.15, -0.1) is 5.92 Å². The maximum atomic E-state index is 12.5. The van der Waals surface area contributed by atoms with Crippen LogP contribution in [0.4, 0.5) is 4.79 Å². The molecule has 1 amide bonds. The second-order valence-corrected chi connectivity index (χ2v) is 6.12. The first kappa shape index (κ1) is 16.6. The number of carbonyl (C=O) groups excluding carboxylic acids is 1. The summed E-state index contributed by atoms with van der Waals surface area (Å²) >= 11 is 0. The summed E-state index contributed by atoms with van der Waals surface area (Å²) in [6.45, 7) is 3.45. The molecular weight excluding hydrogens is 302 g/mol. The molecule has 24 heavy (non-hydrogen) atoms. The lowest BCUT2D eigenvalue weighted by Gasteiger charge is -2.43. The van der Waals surface area contributed by atoms with E-state index in [-0.39, 0.29) is 18.2 Å². The Hall–Kier alpha value is -2.25. The molecule has 0 radical (unpaired) electrons. The SMILES string of the molecule is CCC#CCC1=CC2COCC(C1)N2C(=O)OCc1ccccc1. The number of carbonyl (C=O) groups is 1. The van der Waals surface area contributed by atoms with Crippen molar-refractivity contribution in [2.75, 3.05) is 13.2 Å². The van der Waals surface area contributed by atoms with Gasteiger partial charge in [-0.05, 0) is 12.0 Å². The minimum Gasteiger partial charge on any atom is -0.445 e. The number of rotatable bonds is 3. The fraction of sp³-hybridized carbons (Fsp3) is 0.450. The smallest absolute Gasteiger partial charge is 0.411 e. The van der Waals surface area contributed by atoms with Crippen molar-refractivity contribution in [3.63, 3.8) is 0 Å². The number of hydrogen-bond donors (Lipinski definition) is 0. The minimum absolute atomic E-state index is 0.0424. The summed E-state index contributed by atoms with van der Waals surface area (Å²) in [4.78, 5) is 14.4. The molecule has 0 saturated carbocycles. The van der Waals surface area contributed by atoms with E-state index in [9.17, 15) is 4.79 Å². The molecule has 2 unspecified atom stereocenters. The van der Waals surface area contributed by atoms with Crippen LogP contribution in [0.15, 0.2) is 42.0 Å². The zero-order valence-corrected chi connectivity index (χ0v) is 14.0. The molecule has 2 heterocycles. The molecule has 2 atom stereocenters. The zero-order valence-electron chi connectivity index (χ0n) is 14.0. The van der Waals surface area contributed by atoms with Crippen LogP contribution in [-0.2, 0) is 16.1 Å². The highest BCUT2D eigenvalue weighted by atomic mass is 16.6. The second kappa shape index (κ2) is 8.03. The Kier molecular flexibility index (Phi) is 5.55. The van der Waals surface area contributed by atoms with Crippen LogP contribution in [0.2, 0.25) is 0 Å². The first-order valence-electron chi connectivity index (χ1n) is 8.50. The molecule has 1 saturated heterocycles. The normalized spacial score (nSPS) is 22.2. The maximum absolute atomic E-state index is 12.5. The third kappa shape index (κ3) is 3.98. The molecule has 126 valence electrons. The molecule has 1 aromatic rings. The van der Waals surface area contributed by atoms with Gasteiger partial charge >= 0.3 is 6.09 Å². The van der Waals surface area contributed by atoms with Gasteiger partial charge in [0.2, 0.25) is 0 Å². The third-order valence-corrected chi connectivity index (χ3v) is 4.31. The van der Waals surface area contributed by atoms with Gasteiger partial charge in [-0.25, -0.2) is 4.79 Å². The lowest BCUT2D eigenvalue weighted by atomic mass is 9.93. The fourth-order valence-corrected chi connectivity index (χ4v) is 3.20. The number of benzene rings is 1. The summed E-state index contributed by atoms with van der Waals surface area (Å²) < 4.78 is 11.1. The van der Waals surface area contributed by atoms with Crippen LogP contribution in [-0.4, -0.2) is 36.3 Å². The lowest BCUT2D eigenvalue weighted by molar-refractivity contribution is -0.0373. The van der Waals surface area contributed by atoms with Crippen LogP contribution in [0, 0.1) is 11.8 Å². The fourth-order valence-electron chi connectivity index (χ4n) is 3.20. The Labute approximate surface area is 143 Å². The van der Waals surface area contributed by atoms with Crippen LogP contribution in [0.3, 0.4) is 0 Å². The van der Waals surface area contributed by atoms with Crippen molar-refractivity contribution in [1.29, 1.82) is 0 Å². The first-order valence-corrected chi connectivity index (χ1v) is 8.50. The molecule has 0 aliphatic carbocycles. The average molecular weight is 325 g/mol. The molecule has 0 aromatic heterocycles. The van der Waals surface area contributed by atoms with E-state index < -0.39 is 0 Å². The first-order chi connectivity index (χ1) is 11.8. The van der Waals surface area contributed by atoms with Crippen molar-refractivity contribution in [2.24, 2.45) is 0 Å². The predicted octanol–water partition coefficient (Wildman–Crippen LogP) is 3.53. The highest BCUT2D eigenvalue weighted by molar-refractivity contribution is 5.69. The van der Waals surface area contributed by atoms with Gasteiger partial charge in [-0.2, -0.15) is 0 Å². The molecule has 2 aliphatic heterocycles. The van der Waals surface area contributed by atoms with E-state index in [1.165, 1.54) is 5.57 Å². The van der Waals surface area contributed by atoms with Crippen molar-refractivity contribution in [3.8, 4) is 11.8 Å². The van der Waals surface area contributed by atoms with E-state index in [1.807, 2.05) is 35.2 Å². The number of ether oxygens (including phenoxy) is 2. The Bertz CT molecular complexity index is 656. The molecule has 0 N–H and O–H groups in total. The van der Waals surface area contributed by atoms with Gasteiger partial charge in [0, 0.05) is 12.8 Å². The summed E-state index contributed by atoms with van der Waals surface area (Å²) in [5, 5.41) is 0. The molecular formula is C20H23NO3. The predicted molar refractivity (Wildman–Crippen MR) is 92.2 cm³/mol. The van der Waals surface area contributed by atoms with Gasteiger partial charge in [0.05, 0.1) is 25.3 Å². The van der Waals surface area contributed by atoms with Crippen LogP contribution < -0.4 is 0 Å². The molecule has 1 fully saturated rings. The highest BCUT2D eigenvalue weighted by Crippen LogP contribution is 2.29. The summed E-state index contributed by atoms with van der Waals surface area (Å²) in [5.74, 6) is 6.30. The Morgan fingerprint density at radius 2 is 2.12 bits per heavy atom. The summed E-state index contributed by atoms with van der Waals surface area (Å²) in [5.41, 5.74) is 2.30. The second-order valence-electron chi connectivity index (χ2n) is 6.12. The van der Waals surface area contributed by atoms with E-state index in [1.54, 1.807) is 0 Å². The van der Waals surface area contributed by atoms with Crippen LogP contribution in [0.5, 0.6) is 0 Å². The van der Waals surface area contributed by atoms with Crippen molar-refractivity contribution in [1.82, 2.24) is 4.90 Å². The van der Waals surface area contributed by atoms with E-state index in [0.29, 0.717) is 19.8 Å². The van der Waals surface area contributed by atoms with Gasteiger partial charge < -0.3 is 9.47 Å². The average Bonchev–Trinajstić information content (AvgIpc) is 2.60. The maximum Gasteiger partial charge on any atom is 0.411 e. The van der Waals surface area contributed by atoms with Crippen molar-refractivity contribution >= 4 is 6.09 Å². The van der Waals surface area contributed by atoms with Crippen LogP contribution >= 0.6 is 0 Å². The standard InChI is InChI=1S/C20H23NO3/c1-2-3-5-10-17-11-18-14-23-15-19(12-17)21(18)20(22)24-13-16-8-6-4-7-9-16/h4,6-9,11,18-19H,2,10,12-15H2,1H3. The number of morpholine rings is 1. The highest BCUT2D eigenvalue weighted by Gasteiger charge is 2.38. The third-order valence-electron chi connectivity index (χ3n) is 4.31. The quantitative estimate of drug-likeness (QED) is 0.630. The van der Waals surface area contributed by atoms with E-state index >= 15 is 0 Å². The number of fused-ring (bicyclic) bond motifs is 2. The summed E-state index contributed by atoms with van der Waals surface area (Å²) in [7, 11) is 0. The molecule has 1 aromatic carbocycles. The van der Waals surface area contributed by atoms with E-state index in [0.717, 1.165) is 24.8 Å². The van der Waals surface area contributed by atoms with Gasteiger partial charge in [0.15, 0.2) is 0 Å². The van der Waals surface area contributed by atoms with Crippen molar-refractivity contribution in [2.45, 2.75) is 44.9 Å². The van der Waals surface area contributed by atoms with Crippen LogP contribution in [0.1, 0.15) is 31.7 Å². The van der Waals surface area contributed by atoms with Crippen molar-refractivity contribution < 1.29 is 14.3 Å². The molecule has 4 heteroatoms. The summed E-state index contributed by atoms with van der Waals surface area (Å²) in [6, 6.07) is 9.76. The summed E-state index contributed by atoms with van der Waals surface area (Å²) in [6.07, 6.45) is 4.35. The molecule has 2 aliphatic rings. The topological polar surface area (TPSA) is 38.8 Å². The monoisotopic (exact) mass is 325 g/mol. The Balaban J connectivity index is 1.64. The van der Waals surface area contributed by atoms with Gasteiger partial charge in [0.25, 0.3) is 0 Å². The minimum atomic E-state index is -0.257. The zero-order chi connectivity index (χ0) is 16.8. The van der Waals surface area contributed by atoms with E-state index in [4.69, 9.17) is 9.47 Å².